The second-order valence-corrected chi connectivity index (χ2v) is 8.51. The number of hydrogen-bond donors (Lipinski definition) is 2. The van der Waals surface area contributed by atoms with Crippen LogP contribution in [0.5, 0.6) is 0 Å². The van der Waals surface area contributed by atoms with Crippen molar-refractivity contribution in [2.24, 2.45) is 13.0 Å². The fourth-order valence-corrected chi connectivity index (χ4v) is 4.14. The number of piperidine rings is 1. The van der Waals surface area contributed by atoms with Crippen molar-refractivity contribution < 1.29 is 14.4 Å². The van der Waals surface area contributed by atoms with E-state index in [1.165, 1.54) is 4.57 Å². The van der Waals surface area contributed by atoms with Gasteiger partial charge in [0, 0.05) is 38.6 Å². The third-order valence-electron chi connectivity index (χ3n) is 5.93. The normalized spacial score (nSPS) is 14.2. The number of hydrogen-bond acceptors (Lipinski definition) is 4. The molecule has 3 rings (SSSR count). The lowest BCUT2D eigenvalue weighted by atomic mass is 9.96. The molecule has 0 spiro atoms. The third-order valence-corrected chi connectivity index (χ3v) is 5.93. The minimum atomic E-state index is -0.687. The molecule has 0 aliphatic carbocycles. The molecule has 1 aliphatic rings. The standard InChI is InChI=1S/C24H30N4O4/c1-15-12-16(2)20(17(3)13-15)26-22(30)21(29)25-14-18-7-10-28(11-8-18)24(32)19-6-5-9-27(4)23(19)31/h5-6,9,12-13,18H,7-8,10-11,14H2,1-4H3,(H,25,29)(H,26,30). The van der Waals surface area contributed by atoms with Gasteiger partial charge in [-0.3, -0.25) is 19.2 Å². The van der Waals surface area contributed by atoms with Crippen LogP contribution in [0.3, 0.4) is 0 Å². The lowest BCUT2D eigenvalue weighted by Gasteiger charge is -2.32. The predicted molar refractivity (Wildman–Crippen MR) is 123 cm³/mol. The molecule has 0 bridgehead atoms. The molecule has 2 aromatic rings. The van der Waals surface area contributed by atoms with Gasteiger partial charge >= 0.3 is 11.8 Å². The SMILES string of the molecule is Cc1cc(C)c(NC(=O)C(=O)NCC2CCN(C(=O)c3cccn(C)c3=O)CC2)c(C)c1. The average molecular weight is 439 g/mol. The number of nitrogens with one attached hydrogen (secondary N) is 2. The summed E-state index contributed by atoms with van der Waals surface area (Å²) >= 11 is 0. The molecule has 32 heavy (non-hydrogen) atoms. The van der Waals surface area contributed by atoms with Gasteiger partial charge in [-0.05, 0) is 62.8 Å². The molecule has 8 nitrogen and oxygen atoms in total. The summed E-state index contributed by atoms with van der Waals surface area (Å²) in [4.78, 5) is 51.1. The van der Waals surface area contributed by atoms with Gasteiger partial charge in [0.25, 0.3) is 11.5 Å². The molecule has 1 aliphatic heterocycles. The van der Waals surface area contributed by atoms with E-state index in [9.17, 15) is 19.2 Å². The lowest BCUT2D eigenvalue weighted by Crippen LogP contribution is -2.44. The number of amides is 3. The highest BCUT2D eigenvalue weighted by Gasteiger charge is 2.26. The molecule has 0 radical (unpaired) electrons. The molecule has 2 heterocycles. The fraction of sp³-hybridized carbons (Fsp3) is 0.417. The van der Waals surface area contributed by atoms with Crippen molar-refractivity contribution in [3.63, 3.8) is 0 Å². The van der Waals surface area contributed by atoms with Crippen LogP contribution in [-0.4, -0.2) is 46.8 Å². The zero-order valence-electron chi connectivity index (χ0n) is 19.0. The van der Waals surface area contributed by atoms with Gasteiger partial charge in [-0.15, -0.1) is 0 Å². The van der Waals surface area contributed by atoms with Crippen LogP contribution in [0.2, 0.25) is 0 Å². The van der Waals surface area contributed by atoms with Crippen molar-refractivity contribution in [1.82, 2.24) is 14.8 Å². The van der Waals surface area contributed by atoms with E-state index in [1.54, 1.807) is 30.3 Å². The number of nitrogens with zero attached hydrogens (tertiary/aromatic N) is 2. The van der Waals surface area contributed by atoms with Crippen LogP contribution < -0.4 is 16.2 Å². The Hall–Kier alpha value is -3.42. The number of carbonyl (C=O) groups is 3. The first-order valence-corrected chi connectivity index (χ1v) is 10.8. The average Bonchev–Trinajstić information content (AvgIpc) is 2.76. The van der Waals surface area contributed by atoms with Crippen LogP contribution in [-0.2, 0) is 16.6 Å². The molecule has 1 aromatic carbocycles. The number of aryl methyl sites for hydroxylation is 4. The zero-order chi connectivity index (χ0) is 23.4. The molecule has 0 saturated carbocycles. The van der Waals surface area contributed by atoms with Gasteiger partial charge in [0.2, 0.25) is 0 Å². The van der Waals surface area contributed by atoms with Crippen molar-refractivity contribution in [3.05, 3.63) is 63.1 Å². The predicted octanol–water partition coefficient (Wildman–Crippen LogP) is 1.92. The number of anilines is 1. The maximum Gasteiger partial charge on any atom is 0.313 e. The van der Waals surface area contributed by atoms with E-state index in [-0.39, 0.29) is 22.9 Å². The monoisotopic (exact) mass is 438 g/mol. The third kappa shape index (κ3) is 5.25. The summed E-state index contributed by atoms with van der Waals surface area (Å²) < 4.78 is 1.39. The minimum absolute atomic E-state index is 0.164. The topological polar surface area (TPSA) is 101 Å². The van der Waals surface area contributed by atoms with Gasteiger partial charge in [0.05, 0.1) is 0 Å². The van der Waals surface area contributed by atoms with Crippen LogP contribution >= 0.6 is 0 Å². The Morgan fingerprint density at radius 1 is 1.03 bits per heavy atom. The second kappa shape index (κ2) is 9.80. The van der Waals surface area contributed by atoms with Crippen LogP contribution in [0.1, 0.15) is 39.9 Å². The Balaban J connectivity index is 1.49. The van der Waals surface area contributed by atoms with Gasteiger partial charge in [-0.2, -0.15) is 0 Å². The van der Waals surface area contributed by atoms with Crippen LogP contribution in [0.4, 0.5) is 5.69 Å². The Morgan fingerprint density at radius 2 is 1.66 bits per heavy atom. The summed E-state index contributed by atoms with van der Waals surface area (Å²) in [6, 6.07) is 7.15. The molecule has 0 unspecified atom stereocenters. The number of likely N-dealkylation sites (tertiary alicyclic amines) is 1. The minimum Gasteiger partial charge on any atom is -0.348 e. The summed E-state index contributed by atoms with van der Waals surface area (Å²) in [5.41, 5.74) is 3.44. The van der Waals surface area contributed by atoms with E-state index >= 15 is 0 Å². The van der Waals surface area contributed by atoms with Gasteiger partial charge in [-0.1, -0.05) is 17.7 Å². The van der Waals surface area contributed by atoms with Crippen LogP contribution in [0.25, 0.3) is 0 Å². The van der Waals surface area contributed by atoms with E-state index in [1.807, 2.05) is 32.9 Å². The summed E-state index contributed by atoms with van der Waals surface area (Å²) in [7, 11) is 1.62. The zero-order valence-corrected chi connectivity index (χ0v) is 19.0. The van der Waals surface area contributed by atoms with E-state index < -0.39 is 11.8 Å². The van der Waals surface area contributed by atoms with Crippen molar-refractivity contribution in [1.29, 1.82) is 0 Å². The Kier molecular flexibility index (Phi) is 7.12. The van der Waals surface area contributed by atoms with Crippen molar-refractivity contribution in [3.8, 4) is 0 Å². The molecule has 1 aromatic heterocycles. The molecule has 1 saturated heterocycles. The van der Waals surface area contributed by atoms with Crippen LogP contribution in [0.15, 0.2) is 35.3 Å². The van der Waals surface area contributed by atoms with Crippen LogP contribution in [0, 0.1) is 26.7 Å². The first kappa shape index (κ1) is 23.2. The maximum atomic E-state index is 12.7. The molecule has 1 fully saturated rings. The van der Waals surface area contributed by atoms with E-state index in [2.05, 4.69) is 10.6 Å². The first-order chi connectivity index (χ1) is 15.2. The first-order valence-electron chi connectivity index (χ1n) is 10.8. The highest BCUT2D eigenvalue weighted by atomic mass is 16.2. The molecular formula is C24H30N4O4. The van der Waals surface area contributed by atoms with Gasteiger partial charge in [-0.25, -0.2) is 0 Å². The largest absolute Gasteiger partial charge is 0.348 e. The number of carbonyl (C=O) groups excluding carboxylic acids is 3. The molecular weight excluding hydrogens is 408 g/mol. The Bertz CT molecular complexity index is 1070. The number of rotatable bonds is 4. The number of pyridine rings is 1. The van der Waals surface area contributed by atoms with Gasteiger partial charge in [0.1, 0.15) is 5.56 Å². The molecule has 3 amide bonds. The van der Waals surface area contributed by atoms with Gasteiger partial charge < -0.3 is 20.1 Å². The Labute approximate surface area is 187 Å². The molecule has 170 valence electrons. The summed E-state index contributed by atoms with van der Waals surface area (Å²) in [6.45, 7) is 7.16. The van der Waals surface area contributed by atoms with Crippen molar-refractivity contribution >= 4 is 23.4 Å². The maximum absolute atomic E-state index is 12.7. The summed E-state index contributed by atoms with van der Waals surface area (Å²) in [5, 5.41) is 5.42. The number of benzene rings is 1. The number of aromatic nitrogens is 1. The van der Waals surface area contributed by atoms with Crippen molar-refractivity contribution in [2.75, 3.05) is 25.0 Å². The van der Waals surface area contributed by atoms with E-state index in [4.69, 9.17) is 0 Å². The highest BCUT2D eigenvalue weighted by Crippen LogP contribution is 2.22. The summed E-state index contributed by atoms with van der Waals surface area (Å²) in [6.07, 6.45) is 3.00. The van der Waals surface area contributed by atoms with E-state index in [0.717, 1.165) is 16.7 Å². The second-order valence-electron chi connectivity index (χ2n) is 8.51. The molecule has 8 heteroatoms. The van der Waals surface area contributed by atoms with E-state index in [0.29, 0.717) is 38.2 Å². The molecule has 0 atom stereocenters. The Morgan fingerprint density at radius 3 is 2.28 bits per heavy atom. The van der Waals surface area contributed by atoms with Gasteiger partial charge in [0.15, 0.2) is 0 Å². The molecule has 2 N–H and O–H groups in total. The lowest BCUT2D eigenvalue weighted by molar-refractivity contribution is -0.136. The summed E-state index contributed by atoms with van der Waals surface area (Å²) in [5.74, 6) is -1.46. The quantitative estimate of drug-likeness (QED) is 0.712. The fourth-order valence-electron chi connectivity index (χ4n) is 4.14. The highest BCUT2D eigenvalue weighted by molar-refractivity contribution is 6.39. The van der Waals surface area contributed by atoms with Crippen molar-refractivity contribution in [2.45, 2.75) is 33.6 Å². The smallest absolute Gasteiger partial charge is 0.313 e.